The lowest BCUT2D eigenvalue weighted by Crippen LogP contribution is -2.13. The van der Waals surface area contributed by atoms with E-state index in [2.05, 4.69) is 25.6 Å². The van der Waals surface area contributed by atoms with Gasteiger partial charge in [0, 0.05) is 0 Å². The minimum atomic E-state index is -3.55. The smallest absolute Gasteiger partial charge is 0.261 e. The Labute approximate surface area is 114 Å². The van der Waals surface area contributed by atoms with Crippen LogP contribution in [0, 0.1) is 6.92 Å². The Bertz CT molecular complexity index is 654. The van der Waals surface area contributed by atoms with Crippen molar-refractivity contribution in [1.29, 1.82) is 0 Å². The van der Waals surface area contributed by atoms with Gasteiger partial charge in [0.1, 0.15) is 4.60 Å². The van der Waals surface area contributed by atoms with Gasteiger partial charge in [-0.1, -0.05) is 12.1 Å². The van der Waals surface area contributed by atoms with Gasteiger partial charge >= 0.3 is 0 Å². The van der Waals surface area contributed by atoms with Crippen molar-refractivity contribution in [2.24, 2.45) is 0 Å². The average molecular weight is 327 g/mol. The third-order valence-electron chi connectivity index (χ3n) is 2.28. The van der Waals surface area contributed by atoms with E-state index in [1.807, 2.05) is 13.0 Å². The van der Waals surface area contributed by atoms with Crippen molar-refractivity contribution >= 4 is 31.6 Å². The first-order valence-electron chi connectivity index (χ1n) is 5.18. The van der Waals surface area contributed by atoms with Crippen LogP contribution in [0.1, 0.15) is 5.56 Å². The fourth-order valence-corrected chi connectivity index (χ4v) is 2.81. The molecule has 94 valence electrons. The topological polar surface area (TPSA) is 59.1 Å². The molecule has 0 spiro atoms. The maximum atomic E-state index is 12.1. The number of sulfonamides is 1. The quantitative estimate of drug-likeness (QED) is 0.882. The molecule has 0 aliphatic carbocycles. The van der Waals surface area contributed by atoms with E-state index < -0.39 is 10.0 Å². The first-order chi connectivity index (χ1) is 8.47. The molecular weight excluding hydrogens is 316 g/mol. The highest BCUT2D eigenvalue weighted by Gasteiger charge is 2.13. The van der Waals surface area contributed by atoms with Crippen molar-refractivity contribution in [1.82, 2.24) is 4.98 Å². The van der Waals surface area contributed by atoms with E-state index in [4.69, 9.17) is 0 Å². The van der Waals surface area contributed by atoms with Gasteiger partial charge in [0.25, 0.3) is 10.0 Å². The number of anilines is 1. The SMILES string of the molecule is Cc1cccc(S(=O)(=O)Nc2ccc(Br)nc2)c1. The Morgan fingerprint density at radius 1 is 1.22 bits per heavy atom. The molecule has 0 radical (unpaired) electrons. The number of nitrogens with one attached hydrogen (secondary N) is 1. The number of rotatable bonds is 3. The normalized spacial score (nSPS) is 11.2. The van der Waals surface area contributed by atoms with Crippen LogP contribution in [0.3, 0.4) is 0 Å². The zero-order chi connectivity index (χ0) is 13.2. The zero-order valence-electron chi connectivity index (χ0n) is 9.59. The minimum absolute atomic E-state index is 0.241. The first-order valence-corrected chi connectivity index (χ1v) is 7.46. The summed E-state index contributed by atoms with van der Waals surface area (Å²) >= 11 is 3.19. The molecule has 18 heavy (non-hydrogen) atoms. The molecule has 0 bridgehead atoms. The molecule has 1 heterocycles. The number of hydrogen-bond donors (Lipinski definition) is 1. The highest BCUT2D eigenvalue weighted by Crippen LogP contribution is 2.17. The largest absolute Gasteiger partial charge is 0.278 e. The van der Waals surface area contributed by atoms with E-state index >= 15 is 0 Å². The number of pyridine rings is 1. The predicted octanol–water partition coefficient (Wildman–Crippen LogP) is 2.95. The van der Waals surface area contributed by atoms with E-state index in [0.717, 1.165) is 5.56 Å². The second-order valence-corrected chi connectivity index (χ2v) is 6.29. The summed E-state index contributed by atoms with van der Waals surface area (Å²) < 4.78 is 27.3. The van der Waals surface area contributed by atoms with E-state index in [-0.39, 0.29) is 4.90 Å². The van der Waals surface area contributed by atoms with Gasteiger partial charge in [-0.25, -0.2) is 13.4 Å². The molecule has 2 aromatic rings. The average Bonchev–Trinajstić information content (AvgIpc) is 2.32. The van der Waals surface area contributed by atoms with Crippen molar-refractivity contribution in [3.63, 3.8) is 0 Å². The van der Waals surface area contributed by atoms with Gasteiger partial charge in [0.05, 0.1) is 16.8 Å². The number of halogens is 1. The van der Waals surface area contributed by atoms with E-state index in [9.17, 15) is 8.42 Å². The Morgan fingerprint density at radius 2 is 2.00 bits per heavy atom. The van der Waals surface area contributed by atoms with Crippen LogP contribution in [0.15, 0.2) is 52.1 Å². The van der Waals surface area contributed by atoms with Gasteiger partial charge in [-0.15, -0.1) is 0 Å². The van der Waals surface area contributed by atoms with Crippen LogP contribution in [0.2, 0.25) is 0 Å². The summed E-state index contributed by atoms with van der Waals surface area (Å²) in [6.45, 7) is 1.85. The molecule has 0 aliphatic heterocycles. The fourth-order valence-electron chi connectivity index (χ4n) is 1.43. The molecule has 1 N–H and O–H groups in total. The van der Waals surface area contributed by atoms with Crippen LogP contribution in [-0.2, 0) is 10.0 Å². The molecule has 0 aliphatic rings. The maximum Gasteiger partial charge on any atom is 0.261 e. The van der Waals surface area contributed by atoms with Gasteiger partial charge in [0.2, 0.25) is 0 Å². The number of nitrogens with zero attached hydrogens (tertiary/aromatic N) is 1. The summed E-state index contributed by atoms with van der Waals surface area (Å²) in [6, 6.07) is 10.1. The standard InChI is InChI=1S/C12H11BrN2O2S/c1-9-3-2-4-11(7-9)18(16,17)15-10-5-6-12(13)14-8-10/h2-8,15H,1H3. The highest BCUT2D eigenvalue weighted by molar-refractivity contribution is 9.10. The monoisotopic (exact) mass is 326 g/mol. The first kappa shape index (κ1) is 13.0. The van der Waals surface area contributed by atoms with Crippen molar-refractivity contribution < 1.29 is 8.42 Å². The highest BCUT2D eigenvalue weighted by atomic mass is 79.9. The Kier molecular flexibility index (Phi) is 3.68. The van der Waals surface area contributed by atoms with Crippen LogP contribution in [0.5, 0.6) is 0 Å². The number of hydrogen-bond acceptors (Lipinski definition) is 3. The van der Waals surface area contributed by atoms with Gasteiger partial charge in [0.15, 0.2) is 0 Å². The van der Waals surface area contributed by atoms with Crippen molar-refractivity contribution in [3.8, 4) is 0 Å². The number of benzene rings is 1. The van der Waals surface area contributed by atoms with Crippen LogP contribution < -0.4 is 4.72 Å². The van der Waals surface area contributed by atoms with Gasteiger partial charge in [-0.05, 0) is 52.7 Å². The zero-order valence-corrected chi connectivity index (χ0v) is 12.0. The van der Waals surface area contributed by atoms with Crippen molar-refractivity contribution in [2.45, 2.75) is 11.8 Å². The van der Waals surface area contributed by atoms with Crippen molar-refractivity contribution in [2.75, 3.05) is 4.72 Å². The van der Waals surface area contributed by atoms with Crippen molar-refractivity contribution in [3.05, 3.63) is 52.8 Å². The van der Waals surface area contributed by atoms with Crippen LogP contribution >= 0.6 is 15.9 Å². The summed E-state index contributed by atoms with van der Waals surface area (Å²) in [5.74, 6) is 0. The number of aromatic nitrogens is 1. The second-order valence-electron chi connectivity index (χ2n) is 3.79. The summed E-state index contributed by atoms with van der Waals surface area (Å²) in [6.07, 6.45) is 1.46. The molecule has 0 fully saturated rings. The molecule has 0 saturated heterocycles. The summed E-state index contributed by atoms with van der Waals surface area (Å²) in [5.41, 5.74) is 1.33. The third kappa shape index (κ3) is 3.08. The Balaban J connectivity index is 2.30. The molecule has 0 unspecified atom stereocenters. The van der Waals surface area contributed by atoms with Crippen LogP contribution in [0.4, 0.5) is 5.69 Å². The molecular formula is C12H11BrN2O2S. The molecule has 0 atom stereocenters. The third-order valence-corrected chi connectivity index (χ3v) is 4.13. The lowest BCUT2D eigenvalue weighted by molar-refractivity contribution is 0.601. The Hall–Kier alpha value is -1.40. The molecule has 0 saturated carbocycles. The molecule has 2 rings (SSSR count). The molecule has 6 heteroatoms. The molecule has 1 aromatic heterocycles. The van der Waals surface area contributed by atoms with E-state index in [1.54, 1.807) is 30.3 Å². The van der Waals surface area contributed by atoms with Gasteiger partial charge < -0.3 is 0 Å². The summed E-state index contributed by atoms with van der Waals surface area (Å²) in [7, 11) is -3.55. The summed E-state index contributed by atoms with van der Waals surface area (Å²) in [5, 5.41) is 0. The predicted molar refractivity (Wildman–Crippen MR) is 73.9 cm³/mol. The second kappa shape index (κ2) is 5.07. The van der Waals surface area contributed by atoms with E-state index in [1.165, 1.54) is 6.20 Å². The number of aryl methyl sites for hydroxylation is 1. The minimum Gasteiger partial charge on any atom is -0.278 e. The lowest BCUT2D eigenvalue weighted by Gasteiger charge is -2.08. The van der Waals surface area contributed by atoms with E-state index in [0.29, 0.717) is 10.3 Å². The molecule has 0 amide bonds. The summed E-state index contributed by atoms with van der Waals surface area (Å²) in [4.78, 5) is 4.21. The molecule has 1 aromatic carbocycles. The lowest BCUT2D eigenvalue weighted by atomic mass is 10.2. The fraction of sp³-hybridized carbons (Fsp3) is 0.0833. The maximum absolute atomic E-state index is 12.1. The van der Waals surface area contributed by atoms with Gasteiger partial charge in [-0.2, -0.15) is 0 Å². The van der Waals surface area contributed by atoms with Crippen LogP contribution in [-0.4, -0.2) is 13.4 Å². The molecule has 4 nitrogen and oxygen atoms in total. The van der Waals surface area contributed by atoms with Crippen LogP contribution in [0.25, 0.3) is 0 Å². The van der Waals surface area contributed by atoms with Gasteiger partial charge in [-0.3, -0.25) is 4.72 Å². The Morgan fingerprint density at radius 3 is 2.61 bits per heavy atom.